The van der Waals surface area contributed by atoms with E-state index in [1.165, 1.54) is 6.07 Å². The Morgan fingerprint density at radius 2 is 2.06 bits per heavy atom. The van der Waals surface area contributed by atoms with E-state index in [2.05, 4.69) is 5.32 Å². The molecular weight excluding hydrogens is 215 g/mol. The van der Waals surface area contributed by atoms with Crippen LogP contribution in [-0.2, 0) is 6.54 Å². The van der Waals surface area contributed by atoms with Crippen molar-refractivity contribution in [3.05, 3.63) is 35.1 Å². The summed E-state index contributed by atoms with van der Waals surface area (Å²) in [6.45, 7) is 7.59. The summed E-state index contributed by atoms with van der Waals surface area (Å²) in [6.07, 6.45) is 2.06. The van der Waals surface area contributed by atoms with Crippen LogP contribution in [0.15, 0.2) is 18.2 Å². The number of aryl methyl sites for hydroxylation is 1. The SMILES string of the molecule is Cc1cc(CNCCCC(C)(C)N)ccc1F. The van der Waals surface area contributed by atoms with Gasteiger partial charge in [0, 0.05) is 12.1 Å². The molecule has 0 aliphatic rings. The molecule has 0 saturated carbocycles. The lowest BCUT2D eigenvalue weighted by atomic mass is 10.0. The summed E-state index contributed by atoms with van der Waals surface area (Å²) in [5, 5.41) is 3.34. The van der Waals surface area contributed by atoms with E-state index in [0.717, 1.165) is 31.5 Å². The smallest absolute Gasteiger partial charge is 0.126 e. The molecule has 0 atom stereocenters. The van der Waals surface area contributed by atoms with Crippen molar-refractivity contribution in [3.63, 3.8) is 0 Å². The first-order chi connectivity index (χ1) is 7.88. The Balaban J connectivity index is 2.25. The maximum Gasteiger partial charge on any atom is 0.126 e. The molecule has 0 heterocycles. The quantitative estimate of drug-likeness (QED) is 0.748. The highest BCUT2D eigenvalue weighted by Gasteiger charge is 2.08. The molecule has 0 aromatic heterocycles. The number of halogens is 1. The Hall–Kier alpha value is -0.930. The van der Waals surface area contributed by atoms with Crippen LogP contribution in [-0.4, -0.2) is 12.1 Å². The molecule has 1 aromatic carbocycles. The molecule has 0 fully saturated rings. The van der Waals surface area contributed by atoms with Crippen LogP contribution in [0.4, 0.5) is 4.39 Å². The Morgan fingerprint density at radius 3 is 2.65 bits per heavy atom. The number of hydrogen-bond acceptors (Lipinski definition) is 2. The van der Waals surface area contributed by atoms with E-state index in [1.807, 2.05) is 26.0 Å². The van der Waals surface area contributed by atoms with Crippen LogP contribution in [0.2, 0.25) is 0 Å². The van der Waals surface area contributed by atoms with E-state index < -0.39 is 0 Å². The van der Waals surface area contributed by atoms with Gasteiger partial charge in [-0.05, 0) is 57.4 Å². The summed E-state index contributed by atoms with van der Waals surface area (Å²) in [5.74, 6) is -0.140. The van der Waals surface area contributed by atoms with Crippen LogP contribution in [0, 0.1) is 12.7 Å². The van der Waals surface area contributed by atoms with Crippen molar-refractivity contribution in [2.75, 3.05) is 6.54 Å². The molecule has 0 aliphatic heterocycles. The van der Waals surface area contributed by atoms with E-state index in [-0.39, 0.29) is 11.4 Å². The first-order valence-corrected chi connectivity index (χ1v) is 6.13. The van der Waals surface area contributed by atoms with Crippen LogP contribution in [0.5, 0.6) is 0 Å². The Kier molecular flexibility index (Phi) is 5.09. The van der Waals surface area contributed by atoms with Gasteiger partial charge in [0.1, 0.15) is 5.82 Å². The minimum absolute atomic E-state index is 0.0891. The van der Waals surface area contributed by atoms with Crippen molar-refractivity contribution in [1.29, 1.82) is 0 Å². The van der Waals surface area contributed by atoms with Crippen molar-refractivity contribution in [1.82, 2.24) is 5.32 Å². The van der Waals surface area contributed by atoms with E-state index in [0.29, 0.717) is 5.56 Å². The average Bonchev–Trinajstić information content (AvgIpc) is 2.21. The van der Waals surface area contributed by atoms with Crippen LogP contribution >= 0.6 is 0 Å². The molecule has 17 heavy (non-hydrogen) atoms. The number of benzene rings is 1. The first kappa shape index (κ1) is 14.1. The molecule has 0 radical (unpaired) electrons. The van der Waals surface area contributed by atoms with Gasteiger partial charge in [0.15, 0.2) is 0 Å². The highest BCUT2D eigenvalue weighted by Crippen LogP contribution is 2.09. The number of nitrogens with two attached hydrogens (primary N) is 1. The maximum absolute atomic E-state index is 13.0. The number of hydrogen-bond donors (Lipinski definition) is 2. The van der Waals surface area contributed by atoms with Crippen LogP contribution < -0.4 is 11.1 Å². The molecule has 0 saturated heterocycles. The van der Waals surface area contributed by atoms with E-state index in [4.69, 9.17) is 5.73 Å². The van der Waals surface area contributed by atoms with E-state index >= 15 is 0 Å². The van der Waals surface area contributed by atoms with Crippen molar-refractivity contribution in [2.45, 2.75) is 45.7 Å². The average molecular weight is 238 g/mol. The molecule has 2 nitrogen and oxygen atoms in total. The van der Waals surface area contributed by atoms with Gasteiger partial charge in [0.25, 0.3) is 0 Å². The van der Waals surface area contributed by atoms with Gasteiger partial charge >= 0.3 is 0 Å². The molecule has 1 aromatic rings. The third kappa shape index (κ3) is 5.80. The Bertz CT molecular complexity index is 356. The summed E-state index contributed by atoms with van der Waals surface area (Å²) in [6, 6.07) is 5.23. The molecule has 0 amide bonds. The number of nitrogens with one attached hydrogen (secondary N) is 1. The van der Waals surface area contributed by atoms with Gasteiger partial charge in [-0.1, -0.05) is 12.1 Å². The standard InChI is InChI=1S/C14H23FN2/c1-11-9-12(5-6-13(11)15)10-17-8-4-7-14(2,3)16/h5-6,9,17H,4,7-8,10,16H2,1-3H3. The molecule has 0 spiro atoms. The lowest BCUT2D eigenvalue weighted by Gasteiger charge is -2.18. The van der Waals surface area contributed by atoms with Gasteiger partial charge in [-0.3, -0.25) is 0 Å². The maximum atomic E-state index is 13.0. The zero-order valence-electron chi connectivity index (χ0n) is 11.0. The summed E-state index contributed by atoms with van der Waals surface area (Å²) in [4.78, 5) is 0. The molecule has 0 aliphatic carbocycles. The lowest BCUT2D eigenvalue weighted by Crippen LogP contribution is -2.32. The molecule has 0 bridgehead atoms. The summed E-state index contributed by atoms with van der Waals surface area (Å²) in [5.41, 5.74) is 7.63. The fraction of sp³-hybridized carbons (Fsp3) is 0.571. The van der Waals surface area contributed by atoms with E-state index in [1.54, 1.807) is 6.92 Å². The van der Waals surface area contributed by atoms with Gasteiger partial charge < -0.3 is 11.1 Å². The van der Waals surface area contributed by atoms with Crippen molar-refractivity contribution >= 4 is 0 Å². The predicted octanol–water partition coefficient (Wildman–Crippen LogP) is 2.74. The summed E-state index contributed by atoms with van der Waals surface area (Å²) < 4.78 is 13.0. The third-order valence-electron chi connectivity index (χ3n) is 2.73. The Labute approximate surface area is 103 Å². The zero-order valence-corrected chi connectivity index (χ0v) is 11.0. The topological polar surface area (TPSA) is 38.0 Å². The lowest BCUT2D eigenvalue weighted by molar-refractivity contribution is 0.448. The minimum Gasteiger partial charge on any atom is -0.326 e. The van der Waals surface area contributed by atoms with Gasteiger partial charge in [0.05, 0.1) is 0 Å². The van der Waals surface area contributed by atoms with Crippen molar-refractivity contribution in [2.24, 2.45) is 5.73 Å². The third-order valence-corrected chi connectivity index (χ3v) is 2.73. The van der Waals surface area contributed by atoms with Gasteiger partial charge in [0.2, 0.25) is 0 Å². The van der Waals surface area contributed by atoms with Crippen LogP contribution in [0.3, 0.4) is 0 Å². The van der Waals surface area contributed by atoms with Gasteiger partial charge in [-0.15, -0.1) is 0 Å². The second-order valence-electron chi connectivity index (χ2n) is 5.35. The van der Waals surface area contributed by atoms with Crippen molar-refractivity contribution in [3.8, 4) is 0 Å². The van der Waals surface area contributed by atoms with Crippen LogP contribution in [0.1, 0.15) is 37.8 Å². The molecule has 3 N–H and O–H groups in total. The van der Waals surface area contributed by atoms with Crippen LogP contribution in [0.25, 0.3) is 0 Å². The zero-order chi connectivity index (χ0) is 12.9. The molecule has 3 heteroatoms. The summed E-state index contributed by atoms with van der Waals surface area (Å²) >= 11 is 0. The van der Waals surface area contributed by atoms with Gasteiger partial charge in [-0.25, -0.2) is 4.39 Å². The van der Waals surface area contributed by atoms with E-state index in [9.17, 15) is 4.39 Å². The van der Waals surface area contributed by atoms with Crippen molar-refractivity contribution < 1.29 is 4.39 Å². The second kappa shape index (κ2) is 6.12. The molecule has 0 unspecified atom stereocenters. The number of rotatable bonds is 6. The second-order valence-corrected chi connectivity index (χ2v) is 5.35. The molecular formula is C14H23FN2. The normalized spacial score (nSPS) is 11.8. The minimum atomic E-state index is -0.140. The fourth-order valence-electron chi connectivity index (χ4n) is 1.72. The Morgan fingerprint density at radius 1 is 1.35 bits per heavy atom. The predicted molar refractivity (Wildman–Crippen MR) is 70.3 cm³/mol. The molecule has 96 valence electrons. The first-order valence-electron chi connectivity index (χ1n) is 6.13. The monoisotopic (exact) mass is 238 g/mol. The largest absolute Gasteiger partial charge is 0.326 e. The highest BCUT2D eigenvalue weighted by atomic mass is 19.1. The fourth-order valence-corrected chi connectivity index (χ4v) is 1.72. The molecule has 1 rings (SSSR count). The highest BCUT2D eigenvalue weighted by molar-refractivity contribution is 5.23. The summed E-state index contributed by atoms with van der Waals surface area (Å²) in [7, 11) is 0. The van der Waals surface area contributed by atoms with Gasteiger partial charge in [-0.2, -0.15) is 0 Å².